The molecule has 1 aromatic carbocycles. The standard InChI is InChI=1S/C12H14ClNO3/c1-8-2-3-9(6-11(8)13)14-10(7-15)4-5-17-12(14)16/h2-3,6,10,15H,4-5,7H2,1H3. The van der Waals surface area contributed by atoms with Crippen LogP contribution in [0.25, 0.3) is 0 Å². The van der Waals surface area contributed by atoms with Crippen molar-refractivity contribution < 1.29 is 14.6 Å². The lowest BCUT2D eigenvalue weighted by Gasteiger charge is -2.33. The summed E-state index contributed by atoms with van der Waals surface area (Å²) >= 11 is 6.03. The van der Waals surface area contributed by atoms with Crippen LogP contribution in [0.5, 0.6) is 0 Å². The number of aliphatic hydroxyl groups is 1. The Labute approximate surface area is 105 Å². The van der Waals surface area contributed by atoms with E-state index < -0.39 is 6.09 Å². The molecule has 17 heavy (non-hydrogen) atoms. The summed E-state index contributed by atoms with van der Waals surface area (Å²) in [6, 6.07) is 5.12. The number of ether oxygens (including phenoxy) is 1. The van der Waals surface area contributed by atoms with Gasteiger partial charge in [-0.1, -0.05) is 17.7 Å². The van der Waals surface area contributed by atoms with Crippen LogP contribution in [-0.4, -0.2) is 30.5 Å². The van der Waals surface area contributed by atoms with Gasteiger partial charge in [0.15, 0.2) is 0 Å². The van der Waals surface area contributed by atoms with Gasteiger partial charge in [-0.3, -0.25) is 4.90 Å². The Morgan fingerprint density at radius 1 is 1.59 bits per heavy atom. The molecule has 0 aliphatic carbocycles. The van der Waals surface area contributed by atoms with E-state index in [1.807, 2.05) is 13.0 Å². The fourth-order valence-electron chi connectivity index (χ4n) is 1.85. The molecule has 1 saturated heterocycles. The van der Waals surface area contributed by atoms with Crippen molar-refractivity contribution in [2.75, 3.05) is 18.1 Å². The van der Waals surface area contributed by atoms with E-state index in [4.69, 9.17) is 16.3 Å². The summed E-state index contributed by atoms with van der Waals surface area (Å²) in [6.45, 7) is 2.16. The number of aryl methyl sites for hydroxylation is 1. The number of cyclic esters (lactones) is 1. The smallest absolute Gasteiger partial charge is 0.414 e. The molecule has 0 radical (unpaired) electrons. The Balaban J connectivity index is 2.34. The highest BCUT2D eigenvalue weighted by molar-refractivity contribution is 6.31. The van der Waals surface area contributed by atoms with Gasteiger partial charge in [0.25, 0.3) is 0 Å². The summed E-state index contributed by atoms with van der Waals surface area (Å²) in [4.78, 5) is 13.2. The molecule has 1 heterocycles. The van der Waals surface area contributed by atoms with Crippen LogP contribution < -0.4 is 4.90 Å². The molecule has 0 aromatic heterocycles. The van der Waals surface area contributed by atoms with Gasteiger partial charge in [-0.25, -0.2) is 4.79 Å². The van der Waals surface area contributed by atoms with E-state index in [0.29, 0.717) is 23.7 Å². The van der Waals surface area contributed by atoms with E-state index in [0.717, 1.165) is 5.56 Å². The van der Waals surface area contributed by atoms with Crippen molar-refractivity contribution in [1.29, 1.82) is 0 Å². The number of carbonyl (C=O) groups is 1. The predicted octanol–water partition coefficient (Wildman–Crippen LogP) is 2.36. The molecule has 5 heteroatoms. The first-order valence-electron chi connectivity index (χ1n) is 5.46. The SMILES string of the molecule is Cc1ccc(N2C(=O)OCCC2CO)cc1Cl. The van der Waals surface area contributed by atoms with E-state index in [2.05, 4.69) is 0 Å². The van der Waals surface area contributed by atoms with E-state index in [1.165, 1.54) is 4.90 Å². The summed E-state index contributed by atoms with van der Waals surface area (Å²) in [5.41, 5.74) is 1.60. The number of benzene rings is 1. The highest BCUT2D eigenvalue weighted by Gasteiger charge is 2.30. The second kappa shape index (κ2) is 4.94. The van der Waals surface area contributed by atoms with Crippen molar-refractivity contribution in [1.82, 2.24) is 0 Å². The van der Waals surface area contributed by atoms with Gasteiger partial charge < -0.3 is 9.84 Å². The average Bonchev–Trinajstić information content (AvgIpc) is 2.32. The van der Waals surface area contributed by atoms with Crippen molar-refractivity contribution in [3.8, 4) is 0 Å². The van der Waals surface area contributed by atoms with Crippen LogP contribution in [0.3, 0.4) is 0 Å². The highest BCUT2D eigenvalue weighted by atomic mass is 35.5. The topological polar surface area (TPSA) is 49.8 Å². The minimum absolute atomic E-state index is 0.0827. The predicted molar refractivity (Wildman–Crippen MR) is 65.5 cm³/mol. The molecule has 0 spiro atoms. The van der Waals surface area contributed by atoms with E-state index in [1.54, 1.807) is 12.1 Å². The molecule has 1 aliphatic rings. The molecular formula is C12H14ClNO3. The molecule has 1 N–H and O–H groups in total. The van der Waals surface area contributed by atoms with E-state index in [-0.39, 0.29) is 12.6 Å². The van der Waals surface area contributed by atoms with Crippen LogP contribution in [0.2, 0.25) is 5.02 Å². The molecule has 1 aliphatic heterocycles. The van der Waals surface area contributed by atoms with Gasteiger partial charge in [-0.15, -0.1) is 0 Å². The minimum atomic E-state index is -0.435. The molecule has 1 fully saturated rings. The quantitative estimate of drug-likeness (QED) is 0.883. The number of hydrogen-bond acceptors (Lipinski definition) is 3. The Kier molecular flexibility index (Phi) is 3.54. The zero-order chi connectivity index (χ0) is 12.4. The van der Waals surface area contributed by atoms with Crippen molar-refractivity contribution in [2.24, 2.45) is 0 Å². The fraction of sp³-hybridized carbons (Fsp3) is 0.417. The van der Waals surface area contributed by atoms with Crippen LogP contribution >= 0.6 is 11.6 Å². The number of rotatable bonds is 2. The van der Waals surface area contributed by atoms with Crippen molar-refractivity contribution in [2.45, 2.75) is 19.4 Å². The molecule has 2 rings (SSSR count). The van der Waals surface area contributed by atoms with Crippen LogP contribution in [0.4, 0.5) is 10.5 Å². The van der Waals surface area contributed by atoms with Crippen LogP contribution in [0, 0.1) is 6.92 Å². The van der Waals surface area contributed by atoms with Crippen LogP contribution in [0.15, 0.2) is 18.2 Å². The van der Waals surface area contributed by atoms with Gasteiger partial charge in [-0.2, -0.15) is 0 Å². The van der Waals surface area contributed by atoms with Gasteiger partial charge in [0.1, 0.15) is 0 Å². The maximum absolute atomic E-state index is 11.7. The second-order valence-corrected chi connectivity index (χ2v) is 4.45. The van der Waals surface area contributed by atoms with Crippen molar-refractivity contribution in [3.63, 3.8) is 0 Å². The lowest BCUT2D eigenvalue weighted by molar-refractivity contribution is 0.116. The Morgan fingerprint density at radius 3 is 3.00 bits per heavy atom. The Bertz CT molecular complexity index is 436. The zero-order valence-corrected chi connectivity index (χ0v) is 10.3. The number of amides is 1. The lowest BCUT2D eigenvalue weighted by Crippen LogP contribution is -2.47. The lowest BCUT2D eigenvalue weighted by atomic mass is 10.1. The highest BCUT2D eigenvalue weighted by Crippen LogP contribution is 2.27. The van der Waals surface area contributed by atoms with Gasteiger partial charge in [0.05, 0.1) is 19.3 Å². The third-order valence-electron chi connectivity index (χ3n) is 2.88. The molecule has 0 bridgehead atoms. The molecule has 0 saturated carbocycles. The molecule has 1 unspecified atom stereocenters. The molecule has 1 atom stereocenters. The molecule has 1 amide bonds. The number of halogens is 1. The third-order valence-corrected chi connectivity index (χ3v) is 3.29. The first-order valence-corrected chi connectivity index (χ1v) is 5.84. The Hall–Kier alpha value is -1.26. The average molecular weight is 256 g/mol. The maximum Gasteiger partial charge on any atom is 0.414 e. The monoisotopic (exact) mass is 255 g/mol. The molecular weight excluding hydrogens is 242 g/mol. The van der Waals surface area contributed by atoms with E-state index in [9.17, 15) is 9.90 Å². The summed E-state index contributed by atoms with van der Waals surface area (Å²) < 4.78 is 4.98. The third kappa shape index (κ3) is 2.37. The number of nitrogens with zero attached hydrogens (tertiary/aromatic N) is 1. The number of aliphatic hydroxyl groups excluding tert-OH is 1. The largest absolute Gasteiger partial charge is 0.449 e. The zero-order valence-electron chi connectivity index (χ0n) is 9.52. The van der Waals surface area contributed by atoms with Gasteiger partial charge >= 0.3 is 6.09 Å². The van der Waals surface area contributed by atoms with Gasteiger partial charge in [-0.05, 0) is 24.6 Å². The molecule has 1 aromatic rings. The summed E-state index contributed by atoms with van der Waals surface area (Å²) in [5.74, 6) is 0. The van der Waals surface area contributed by atoms with Gasteiger partial charge in [0.2, 0.25) is 0 Å². The molecule has 92 valence electrons. The van der Waals surface area contributed by atoms with Crippen molar-refractivity contribution in [3.05, 3.63) is 28.8 Å². The van der Waals surface area contributed by atoms with Crippen LogP contribution in [-0.2, 0) is 4.74 Å². The summed E-state index contributed by atoms with van der Waals surface area (Å²) in [5, 5.41) is 9.88. The molecule has 4 nitrogen and oxygen atoms in total. The van der Waals surface area contributed by atoms with Gasteiger partial charge in [0, 0.05) is 17.1 Å². The summed E-state index contributed by atoms with van der Waals surface area (Å²) in [6.07, 6.45) is 0.184. The number of anilines is 1. The fourth-order valence-corrected chi connectivity index (χ4v) is 2.03. The minimum Gasteiger partial charge on any atom is -0.449 e. The maximum atomic E-state index is 11.7. The van der Waals surface area contributed by atoms with Crippen molar-refractivity contribution >= 4 is 23.4 Å². The number of carbonyl (C=O) groups excluding carboxylic acids is 1. The normalized spacial score (nSPS) is 20.3. The van der Waals surface area contributed by atoms with E-state index >= 15 is 0 Å². The first-order chi connectivity index (χ1) is 8.13. The first kappa shape index (κ1) is 12.2. The van der Waals surface area contributed by atoms with Crippen LogP contribution in [0.1, 0.15) is 12.0 Å². The second-order valence-electron chi connectivity index (χ2n) is 4.04. The number of hydrogen-bond donors (Lipinski definition) is 1. The summed E-state index contributed by atoms with van der Waals surface area (Å²) in [7, 11) is 0. The Morgan fingerprint density at radius 2 is 2.35 bits per heavy atom.